The van der Waals surface area contributed by atoms with E-state index in [2.05, 4.69) is 10.2 Å². The molecule has 0 saturated heterocycles. The molecule has 3 aromatic rings. The summed E-state index contributed by atoms with van der Waals surface area (Å²) in [5.74, 6) is -0.0576. The molecule has 0 bridgehead atoms. The number of carbonyl (C=O) groups is 1. The van der Waals surface area contributed by atoms with E-state index in [9.17, 15) is 18.0 Å². The van der Waals surface area contributed by atoms with Crippen molar-refractivity contribution in [2.24, 2.45) is 0 Å². The Hall–Kier alpha value is -3.16. The molecule has 0 fully saturated rings. The van der Waals surface area contributed by atoms with Crippen molar-refractivity contribution in [3.8, 4) is 11.5 Å². The highest BCUT2D eigenvalue weighted by atomic mass is 19.4. The number of aromatic nitrogens is 2. The third-order valence-corrected chi connectivity index (χ3v) is 4.02. The predicted molar refractivity (Wildman–Crippen MR) is 94.0 cm³/mol. The first-order valence-corrected chi connectivity index (χ1v) is 8.53. The van der Waals surface area contributed by atoms with E-state index in [1.807, 2.05) is 31.2 Å². The predicted octanol–water partition coefficient (Wildman–Crippen LogP) is 4.74. The maximum Gasteiger partial charge on any atom is 0.416 e. The molecule has 3 rings (SSSR count). The maximum atomic E-state index is 12.9. The van der Waals surface area contributed by atoms with E-state index in [4.69, 9.17) is 9.15 Å². The Morgan fingerprint density at radius 2 is 1.79 bits per heavy atom. The molecular weight excluding hydrogens is 373 g/mol. The lowest BCUT2D eigenvalue weighted by atomic mass is 10.1. The molecule has 5 nitrogen and oxygen atoms in total. The van der Waals surface area contributed by atoms with Gasteiger partial charge in [-0.3, -0.25) is 4.79 Å². The maximum absolute atomic E-state index is 12.9. The molecule has 28 heavy (non-hydrogen) atoms. The number of hydrogen-bond acceptors (Lipinski definition) is 5. The summed E-state index contributed by atoms with van der Waals surface area (Å²) in [7, 11) is 0. The van der Waals surface area contributed by atoms with Crippen molar-refractivity contribution in [2.75, 3.05) is 0 Å². The fourth-order valence-electron chi connectivity index (χ4n) is 2.53. The van der Waals surface area contributed by atoms with Crippen molar-refractivity contribution in [3.63, 3.8) is 0 Å². The zero-order valence-electron chi connectivity index (χ0n) is 15.0. The van der Waals surface area contributed by atoms with Crippen molar-refractivity contribution in [2.45, 2.75) is 32.5 Å². The molecule has 0 aliphatic rings. The second kappa shape index (κ2) is 8.24. The van der Waals surface area contributed by atoms with E-state index in [1.165, 1.54) is 18.2 Å². The van der Waals surface area contributed by atoms with Crippen LogP contribution in [0.5, 0.6) is 0 Å². The minimum atomic E-state index is -4.50. The molecule has 0 amide bonds. The van der Waals surface area contributed by atoms with E-state index in [1.54, 1.807) is 0 Å². The van der Waals surface area contributed by atoms with Gasteiger partial charge >= 0.3 is 12.1 Å². The van der Waals surface area contributed by atoms with Crippen molar-refractivity contribution < 1.29 is 27.1 Å². The van der Waals surface area contributed by atoms with Crippen molar-refractivity contribution in [3.05, 3.63) is 71.1 Å². The molecule has 0 unspecified atom stereocenters. The van der Waals surface area contributed by atoms with Crippen LogP contribution in [-0.2, 0) is 28.7 Å². The van der Waals surface area contributed by atoms with E-state index < -0.39 is 24.3 Å². The molecular formula is C20H17F3N2O3. The first-order chi connectivity index (χ1) is 13.3. The zero-order chi connectivity index (χ0) is 20.1. The molecule has 0 N–H and O–H groups in total. The van der Waals surface area contributed by atoms with Gasteiger partial charge in [-0.25, -0.2) is 0 Å². The van der Waals surface area contributed by atoms with Gasteiger partial charge in [0.05, 0.1) is 12.0 Å². The summed E-state index contributed by atoms with van der Waals surface area (Å²) in [5, 5.41) is 7.81. The van der Waals surface area contributed by atoms with Crippen molar-refractivity contribution in [1.29, 1.82) is 0 Å². The van der Waals surface area contributed by atoms with Crippen LogP contribution in [0.25, 0.3) is 11.5 Å². The van der Waals surface area contributed by atoms with Crippen molar-refractivity contribution in [1.82, 2.24) is 10.2 Å². The minimum absolute atomic E-state index is 0.0796. The number of aryl methyl sites for hydroxylation is 2. The number of hydrogen-bond donors (Lipinski definition) is 0. The second-order valence-corrected chi connectivity index (χ2v) is 6.18. The van der Waals surface area contributed by atoms with Gasteiger partial charge < -0.3 is 9.15 Å². The lowest BCUT2D eigenvalue weighted by Crippen LogP contribution is -2.12. The molecule has 0 spiro atoms. The highest BCUT2D eigenvalue weighted by molar-refractivity contribution is 5.69. The van der Waals surface area contributed by atoms with E-state index in [0.717, 1.165) is 17.2 Å². The Kier molecular flexibility index (Phi) is 5.77. The number of benzene rings is 2. The van der Waals surface area contributed by atoms with E-state index >= 15 is 0 Å². The van der Waals surface area contributed by atoms with Gasteiger partial charge in [-0.1, -0.05) is 35.9 Å². The van der Waals surface area contributed by atoms with Gasteiger partial charge in [0.2, 0.25) is 11.8 Å². The zero-order valence-corrected chi connectivity index (χ0v) is 15.0. The van der Waals surface area contributed by atoms with Gasteiger partial charge in [0, 0.05) is 17.5 Å². The second-order valence-electron chi connectivity index (χ2n) is 6.18. The SMILES string of the molecule is Cc1ccc(-c2nnc(CCC(=O)OCc3ccccc3C(F)(F)F)o2)cc1. The fraction of sp³-hybridized carbons (Fsp3) is 0.250. The van der Waals surface area contributed by atoms with Crippen LogP contribution < -0.4 is 0 Å². The summed E-state index contributed by atoms with van der Waals surface area (Å²) in [4.78, 5) is 11.9. The van der Waals surface area contributed by atoms with Crippen LogP contribution in [0.3, 0.4) is 0 Å². The molecule has 0 atom stereocenters. The summed E-state index contributed by atoms with van der Waals surface area (Å²) < 4.78 is 49.3. The Morgan fingerprint density at radius 3 is 2.50 bits per heavy atom. The van der Waals surface area contributed by atoms with Crippen LogP contribution in [0.4, 0.5) is 13.2 Å². The summed E-state index contributed by atoms with van der Waals surface area (Å²) >= 11 is 0. The largest absolute Gasteiger partial charge is 0.461 e. The van der Waals surface area contributed by atoms with Crippen LogP contribution in [-0.4, -0.2) is 16.2 Å². The first-order valence-electron chi connectivity index (χ1n) is 8.53. The Balaban J connectivity index is 1.54. The number of nitrogens with zero attached hydrogens (tertiary/aromatic N) is 2. The van der Waals surface area contributed by atoms with Crippen LogP contribution in [0.15, 0.2) is 52.9 Å². The number of halogens is 3. The third-order valence-electron chi connectivity index (χ3n) is 4.02. The van der Waals surface area contributed by atoms with Gasteiger partial charge in [0.1, 0.15) is 6.61 Å². The quantitative estimate of drug-likeness (QED) is 0.569. The number of carbonyl (C=O) groups excluding carboxylic acids is 1. The molecule has 0 aliphatic carbocycles. The molecule has 0 saturated carbocycles. The monoisotopic (exact) mass is 390 g/mol. The first kappa shape index (κ1) is 19.6. The number of esters is 1. The van der Waals surface area contributed by atoms with E-state index in [-0.39, 0.29) is 24.3 Å². The molecule has 146 valence electrons. The summed E-state index contributed by atoms with van der Waals surface area (Å²) in [6, 6.07) is 12.5. The van der Waals surface area contributed by atoms with Gasteiger partial charge in [-0.05, 0) is 25.1 Å². The molecule has 0 aliphatic heterocycles. The standard InChI is InChI=1S/C20H17F3N2O3/c1-13-6-8-14(9-7-13)19-25-24-17(28-19)10-11-18(26)27-12-15-4-2-3-5-16(15)20(21,22)23/h2-9H,10-12H2,1H3. The normalized spacial score (nSPS) is 11.4. The topological polar surface area (TPSA) is 65.2 Å². The highest BCUT2D eigenvalue weighted by Gasteiger charge is 2.33. The van der Waals surface area contributed by atoms with Gasteiger partial charge in [-0.2, -0.15) is 13.2 Å². The average Bonchev–Trinajstić information content (AvgIpc) is 3.14. The van der Waals surface area contributed by atoms with Crippen LogP contribution in [0.1, 0.15) is 29.0 Å². The van der Waals surface area contributed by atoms with Gasteiger partial charge in [0.25, 0.3) is 0 Å². The summed E-state index contributed by atoms with van der Waals surface area (Å²) in [5.41, 5.74) is 0.944. The number of rotatable bonds is 6. The molecule has 1 heterocycles. The van der Waals surface area contributed by atoms with Crippen molar-refractivity contribution >= 4 is 5.97 Å². The van der Waals surface area contributed by atoms with Crippen LogP contribution in [0.2, 0.25) is 0 Å². The summed E-state index contributed by atoms with van der Waals surface area (Å²) in [6.45, 7) is 1.51. The van der Waals surface area contributed by atoms with Gasteiger partial charge in [0.15, 0.2) is 0 Å². The Labute approximate surface area is 159 Å². The lowest BCUT2D eigenvalue weighted by Gasteiger charge is -2.12. The average molecular weight is 390 g/mol. The van der Waals surface area contributed by atoms with Gasteiger partial charge in [-0.15, -0.1) is 10.2 Å². The summed E-state index contributed by atoms with van der Waals surface area (Å²) in [6.07, 6.45) is -4.44. The minimum Gasteiger partial charge on any atom is -0.461 e. The smallest absolute Gasteiger partial charge is 0.416 e. The van der Waals surface area contributed by atoms with E-state index in [0.29, 0.717) is 5.89 Å². The fourth-order valence-corrected chi connectivity index (χ4v) is 2.53. The Bertz CT molecular complexity index is 950. The molecule has 8 heteroatoms. The molecule has 0 radical (unpaired) electrons. The van der Waals surface area contributed by atoms with Crippen LogP contribution >= 0.6 is 0 Å². The number of ether oxygens (including phenoxy) is 1. The third kappa shape index (κ3) is 4.97. The highest BCUT2D eigenvalue weighted by Crippen LogP contribution is 2.32. The lowest BCUT2D eigenvalue weighted by molar-refractivity contribution is -0.147. The molecule has 1 aromatic heterocycles. The molecule has 2 aromatic carbocycles. The number of alkyl halides is 3. The van der Waals surface area contributed by atoms with Crippen LogP contribution in [0, 0.1) is 6.92 Å². The Morgan fingerprint density at radius 1 is 1.07 bits per heavy atom.